The number of aryl methyl sites for hydroxylation is 1. The third-order valence-electron chi connectivity index (χ3n) is 2.67. The largest absolute Gasteiger partial charge is 0.468 e. The monoisotopic (exact) mass is 297 g/mol. The molecule has 6 heteroatoms. The molecular formula is C14H19NO4S. The van der Waals surface area contributed by atoms with Crippen molar-refractivity contribution in [2.75, 3.05) is 7.11 Å². The van der Waals surface area contributed by atoms with E-state index in [1.165, 1.54) is 19.2 Å². The van der Waals surface area contributed by atoms with Crippen LogP contribution in [-0.2, 0) is 19.6 Å². The number of methoxy groups -OCH3 is 1. The molecule has 0 aliphatic carbocycles. The van der Waals surface area contributed by atoms with Gasteiger partial charge in [0.2, 0.25) is 10.0 Å². The van der Waals surface area contributed by atoms with Gasteiger partial charge in [0.15, 0.2) is 0 Å². The highest BCUT2D eigenvalue weighted by Gasteiger charge is 2.26. The van der Waals surface area contributed by atoms with Crippen LogP contribution in [-0.4, -0.2) is 27.5 Å². The number of carbonyl (C=O) groups excluding carboxylic acids is 1. The first kappa shape index (κ1) is 16.4. The van der Waals surface area contributed by atoms with Gasteiger partial charge in [0.1, 0.15) is 6.04 Å². The fourth-order valence-electron chi connectivity index (χ4n) is 1.64. The molecule has 20 heavy (non-hydrogen) atoms. The van der Waals surface area contributed by atoms with Gasteiger partial charge in [-0.3, -0.25) is 4.79 Å². The zero-order valence-corrected chi connectivity index (χ0v) is 12.7. The third-order valence-corrected chi connectivity index (χ3v) is 4.15. The van der Waals surface area contributed by atoms with Crippen LogP contribution in [0.3, 0.4) is 0 Å². The lowest BCUT2D eigenvalue weighted by atomic mass is 10.1. The van der Waals surface area contributed by atoms with Gasteiger partial charge in [-0.05, 0) is 32.4 Å². The Labute approximate surface area is 119 Å². The lowest BCUT2D eigenvalue weighted by molar-refractivity contribution is -0.142. The molecule has 1 aromatic rings. The van der Waals surface area contributed by atoms with Gasteiger partial charge in [0, 0.05) is 0 Å². The normalized spacial score (nSPS) is 12.8. The summed E-state index contributed by atoms with van der Waals surface area (Å²) in [7, 11) is -2.55. The smallest absolute Gasteiger partial charge is 0.324 e. The highest BCUT2D eigenvalue weighted by atomic mass is 32.2. The Morgan fingerprint density at radius 1 is 1.35 bits per heavy atom. The van der Waals surface area contributed by atoms with Gasteiger partial charge in [0.25, 0.3) is 0 Å². The van der Waals surface area contributed by atoms with E-state index in [1.54, 1.807) is 19.1 Å². The number of esters is 1. The van der Waals surface area contributed by atoms with E-state index < -0.39 is 22.0 Å². The maximum absolute atomic E-state index is 12.2. The number of carbonyl (C=O) groups is 1. The minimum atomic E-state index is -3.77. The van der Waals surface area contributed by atoms with Gasteiger partial charge in [-0.15, -0.1) is 6.58 Å². The molecule has 5 nitrogen and oxygen atoms in total. The van der Waals surface area contributed by atoms with Gasteiger partial charge >= 0.3 is 5.97 Å². The van der Waals surface area contributed by atoms with Crippen LogP contribution in [0.2, 0.25) is 0 Å². The zero-order valence-electron chi connectivity index (χ0n) is 11.8. The first-order valence-corrected chi connectivity index (χ1v) is 7.56. The summed E-state index contributed by atoms with van der Waals surface area (Å²) in [4.78, 5) is 11.7. The summed E-state index contributed by atoms with van der Waals surface area (Å²) in [6.45, 7) is 7.26. The van der Waals surface area contributed by atoms with Gasteiger partial charge in [-0.2, -0.15) is 4.72 Å². The quantitative estimate of drug-likeness (QED) is 0.641. The second-order valence-corrected chi connectivity index (χ2v) is 6.39. The Bertz CT molecular complexity index is 590. The van der Waals surface area contributed by atoms with E-state index in [0.717, 1.165) is 5.56 Å². The van der Waals surface area contributed by atoms with Crippen LogP contribution in [0.15, 0.2) is 41.3 Å². The summed E-state index contributed by atoms with van der Waals surface area (Å²) in [5.41, 5.74) is 1.64. The molecule has 0 aliphatic heterocycles. The summed E-state index contributed by atoms with van der Waals surface area (Å²) in [5.74, 6) is -0.635. The minimum absolute atomic E-state index is 0.110. The number of hydrogen-bond donors (Lipinski definition) is 1. The second-order valence-electron chi connectivity index (χ2n) is 4.67. The Morgan fingerprint density at radius 2 is 1.90 bits per heavy atom. The second kappa shape index (κ2) is 6.67. The van der Waals surface area contributed by atoms with Gasteiger partial charge < -0.3 is 4.74 Å². The molecule has 0 unspecified atom stereocenters. The van der Waals surface area contributed by atoms with Gasteiger partial charge in [0.05, 0.1) is 12.0 Å². The van der Waals surface area contributed by atoms with Crippen molar-refractivity contribution in [3.8, 4) is 0 Å². The number of nitrogens with one attached hydrogen (secondary N) is 1. The van der Waals surface area contributed by atoms with E-state index >= 15 is 0 Å². The predicted octanol–water partition coefficient (Wildman–Crippen LogP) is 1.78. The highest BCUT2D eigenvalue weighted by molar-refractivity contribution is 7.89. The summed E-state index contributed by atoms with van der Waals surface area (Å²) in [5, 5.41) is 0. The fraction of sp³-hybridized carbons (Fsp3) is 0.357. The molecule has 0 bridgehead atoms. The predicted molar refractivity (Wildman–Crippen MR) is 76.7 cm³/mol. The van der Waals surface area contributed by atoms with E-state index in [0.29, 0.717) is 5.57 Å². The van der Waals surface area contributed by atoms with Crippen LogP contribution >= 0.6 is 0 Å². The summed E-state index contributed by atoms with van der Waals surface area (Å²) < 4.78 is 31.4. The van der Waals surface area contributed by atoms with E-state index in [9.17, 15) is 13.2 Å². The van der Waals surface area contributed by atoms with Crippen molar-refractivity contribution in [3.05, 3.63) is 42.0 Å². The lowest BCUT2D eigenvalue weighted by Crippen LogP contribution is -2.41. The Hall–Kier alpha value is -1.66. The number of benzene rings is 1. The molecule has 0 radical (unpaired) electrons. The lowest BCUT2D eigenvalue weighted by Gasteiger charge is -2.16. The standard InChI is InChI=1S/C14H19NO4S/c1-10(2)9-13(14(16)19-4)15-20(17,18)12-7-5-11(3)6-8-12/h5-8,13,15H,1,9H2,2-4H3/t13-/m0/s1. The molecule has 0 amide bonds. The van der Waals surface area contributed by atoms with Crippen LogP contribution in [0, 0.1) is 6.92 Å². The topological polar surface area (TPSA) is 72.5 Å². The van der Waals surface area contributed by atoms with E-state index in [4.69, 9.17) is 0 Å². The highest BCUT2D eigenvalue weighted by Crippen LogP contribution is 2.13. The molecule has 0 aliphatic rings. The van der Waals surface area contributed by atoms with Crippen LogP contribution in [0.4, 0.5) is 0 Å². The number of ether oxygens (including phenoxy) is 1. The molecule has 0 heterocycles. The Balaban J connectivity index is 2.99. The fourth-order valence-corrected chi connectivity index (χ4v) is 2.82. The molecular weight excluding hydrogens is 278 g/mol. The van der Waals surface area contributed by atoms with E-state index in [2.05, 4.69) is 16.0 Å². The number of hydrogen-bond acceptors (Lipinski definition) is 4. The average molecular weight is 297 g/mol. The molecule has 1 atom stereocenters. The molecule has 1 aromatic carbocycles. The van der Waals surface area contributed by atoms with E-state index in [1.807, 2.05) is 6.92 Å². The van der Waals surface area contributed by atoms with Crippen molar-refractivity contribution < 1.29 is 17.9 Å². The SMILES string of the molecule is C=C(C)C[C@H](NS(=O)(=O)c1ccc(C)cc1)C(=O)OC. The zero-order chi connectivity index (χ0) is 15.3. The van der Waals surface area contributed by atoms with Crippen molar-refractivity contribution in [1.82, 2.24) is 4.72 Å². The Morgan fingerprint density at radius 3 is 2.35 bits per heavy atom. The van der Waals surface area contributed by atoms with E-state index in [-0.39, 0.29) is 11.3 Å². The van der Waals surface area contributed by atoms with Gasteiger partial charge in [-0.25, -0.2) is 8.42 Å². The molecule has 0 saturated carbocycles. The maximum Gasteiger partial charge on any atom is 0.324 e. The van der Waals surface area contributed by atoms with Crippen molar-refractivity contribution in [2.45, 2.75) is 31.2 Å². The average Bonchev–Trinajstić information content (AvgIpc) is 2.36. The molecule has 0 fully saturated rings. The summed E-state index contributed by atoms with van der Waals surface area (Å²) in [6, 6.07) is 5.41. The molecule has 0 aromatic heterocycles. The first-order chi connectivity index (χ1) is 9.26. The molecule has 0 saturated heterocycles. The Kier molecular flexibility index (Phi) is 5.47. The van der Waals surface area contributed by atoms with Crippen molar-refractivity contribution in [1.29, 1.82) is 0 Å². The van der Waals surface area contributed by atoms with Crippen molar-refractivity contribution in [2.24, 2.45) is 0 Å². The van der Waals surface area contributed by atoms with Crippen LogP contribution in [0.1, 0.15) is 18.9 Å². The van der Waals surface area contributed by atoms with Crippen molar-refractivity contribution >= 4 is 16.0 Å². The maximum atomic E-state index is 12.2. The van der Waals surface area contributed by atoms with Crippen molar-refractivity contribution in [3.63, 3.8) is 0 Å². The molecule has 1 N–H and O–H groups in total. The van der Waals surface area contributed by atoms with Crippen LogP contribution in [0.25, 0.3) is 0 Å². The van der Waals surface area contributed by atoms with Gasteiger partial charge in [-0.1, -0.05) is 23.3 Å². The number of sulfonamides is 1. The summed E-state index contributed by atoms with van der Waals surface area (Å²) >= 11 is 0. The first-order valence-electron chi connectivity index (χ1n) is 6.07. The summed E-state index contributed by atoms with van der Waals surface area (Å²) in [6.07, 6.45) is 0.192. The molecule has 1 rings (SSSR count). The van der Waals surface area contributed by atoms with Crippen LogP contribution in [0.5, 0.6) is 0 Å². The third kappa shape index (κ3) is 4.47. The van der Waals surface area contributed by atoms with Crippen LogP contribution < -0.4 is 4.72 Å². The molecule has 0 spiro atoms. The minimum Gasteiger partial charge on any atom is -0.468 e. The molecule has 110 valence electrons. The number of rotatable bonds is 6.